The summed E-state index contributed by atoms with van der Waals surface area (Å²) in [7, 11) is 0. The number of piperidine rings is 1. The predicted molar refractivity (Wildman–Crippen MR) is 123 cm³/mol. The molecular weight excluding hydrogens is 453 g/mol. The van der Waals surface area contributed by atoms with Crippen LogP contribution in [0.2, 0.25) is 10.0 Å². The Hall–Kier alpha value is -1.54. The molecule has 0 spiro atoms. The van der Waals surface area contributed by atoms with Gasteiger partial charge in [-0.1, -0.05) is 29.3 Å². The van der Waals surface area contributed by atoms with Crippen LogP contribution >= 0.6 is 23.2 Å². The lowest BCUT2D eigenvalue weighted by atomic mass is 9.89. The Morgan fingerprint density at radius 1 is 1.06 bits per heavy atom. The van der Waals surface area contributed by atoms with Crippen molar-refractivity contribution in [2.45, 2.75) is 37.6 Å². The Bertz CT molecular complexity index is 825. The van der Waals surface area contributed by atoms with E-state index in [1.807, 2.05) is 17.0 Å². The third kappa shape index (κ3) is 5.50. The number of carboxylic acid groups (broad SMARTS) is 1. The van der Waals surface area contributed by atoms with Gasteiger partial charge in [-0.3, -0.25) is 4.79 Å². The zero-order valence-corrected chi connectivity index (χ0v) is 19.7. The molecule has 7 nitrogen and oxygen atoms in total. The van der Waals surface area contributed by atoms with E-state index in [0.29, 0.717) is 35.7 Å². The van der Waals surface area contributed by atoms with Crippen molar-refractivity contribution < 1.29 is 19.4 Å². The molecule has 1 aromatic carbocycles. The molecular formula is C23H31Cl2N3O4. The van der Waals surface area contributed by atoms with Crippen molar-refractivity contribution in [3.05, 3.63) is 33.8 Å². The predicted octanol–water partition coefficient (Wildman–Crippen LogP) is 3.69. The number of benzene rings is 1. The Kier molecular flexibility index (Phi) is 7.82. The number of carbonyl (C=O) groups excluding carboxylic acids is 1. The van der Waals surface area contributed by atoms with Crippen LogP contribution in [0.15, 0.2) is 18.2 Å². The number of ether oxygens (including phenoxy) is 1. The second-order valence-electron chi connectivity index (χ2n) is 9.12. The van der Waals surface area contributed by atoms with Crippen molar-refractivity contribution in [2.75, 3.05) is 45.9 Å². The summed E-state index contributed by atoms with van der Waals surface area (Å²) in [5.41, 5.74) is 0.987. The number of carbonyl (C=O) groups is 2. The van der Waals surface area contributed by atoms with Crippen LogP contribution < -0.4 is 5.32 Å². The molecule has 1 aromatic rings. The highest BCUT2D eigenvalue weighted by atomic mass is 35.5. The van der Waals surface area contributed by atoms with E-state index in [-0.39, 0.29) is 23.7 Å². The number of amides is 2. The fourth-order valence-electron chi connectivity index (χ4n) is 5.42. The highest BCUT2D eigenvalue weighted by Crippen LogP contribution is 2.37. The number of halogens is 2. The summed E-state index contributed by atoms with van der Waals surface area (Å²) in [6.45, 7) is 4.99. The molecule has 176 valence electrons. The van der Waals surface area contributed by atoms with Crippen LogP contribution in [0.3, 0.4) is 0 Å². The summed E-state index contributed by atoms with van der Waals surface area (Å²) in [5, 5.41) is 12.5. The zero-order valence-electron chi connectivity index (χ0n) is 18.1. The molecule has 4 rings (SSSR count). The molecule has 3 saturated heterocycles. The summed E-state index contributed by atoms with van der Waals surface area (Å²) < 4.78 is 5.48. The normalized spacial score (nSPS) is 25.8. The molecule has 0 bridgehead atoms. The number of likely N-dealkylation sites (tertiary alicyclic amines) is 2. The van der Waals surface area contributed by atoms with E-state index in [1.54, 1.807) is 6.07 Å². The third-order valence-corrected chi connectivity index (χ3v) is 7.97. The van der Waals surface area contributed by atoms with E-state index in [1.165, 1.54) is 0 Å². The molecule has 0 saturated carbocycles. The topological polar surface area (TPSA) is 82.1 Å². The van der Waals surface area contributed by atoms with Crippen LogP contribution in [0.5, 0.6) is 0 Å². The Labute approximate surface area is 199 Å². The fraction of sp³-hybridized carbons (Fsp3) is 0.652. The Balaban J connectivity index is 1.39. The Morgan fingerprint density at radius 2 is 1.78 bits per heavy atom. The summed E-state index contributed by atoms with van der Waals surface area (Å²) in [5.74, 6) is 0.240. The van der Waals surface area contributed by atoms with Gasteiger partial charge in [0.15, 0.2) is 0 Å². The SMILES string of the molecule is O=C(O)NC[C@@H]1CN(C(=O)C2CCN(C3CCOCC3)CC2)C[C@@H]1c1ccc(Cl)c(Cl)c1. The minimum absolute atomic E-state index is 0.00498. The quantitative estimate of drug-likeness (QED) is 0.666. The maximum absolute atomic E-state index is 13.4. The van der Waals surface area contributed by atoms with Gasteiger partial charge >= 0.3 is 6.09 Å². The van der Waals surface area contributed by atoms with Crippen molar-refractivity contribution in [1.29, 1.82) is 0 Å². The van der Waals surface area contributed by atoms with Gasteiger partial charge in [-0.05, 0) is 56.5 Å². The lowest BCUT2D eigenvalue weighted by Gasteiger charge is -2.39. The third-order valence-electron chi connectivity index (χ3n) is 7.23. The molecule has 0 unspecified atom stereocenters. The average molecular weight is 484 g/mol. The van der Waals surface area contributed by atoms with Crippen LogP contribution in [-0.2, 0) is 9.53 Å². The van der Waals surface area contributed by atoms with E-state index in [9.17, 15) is 9.59 Å². The highest BCUT2D eigenvalue weighted by molar-refractivity contribution is 6.42. The van der Waals surface area contributed by atoms with Crippen LogP contribution in [-0.4, -0.2) is 78.9 Å². The first kappa shape index (κ1) is 23.6. The zero-order chi connectivity index (χ0) is 22.7. The molecule has 2 atom stereocenters. The lowest BCUT2D eigenvalue weighted by molar-refractivity contribution is -0.136. The van der Waals surface area contributed by atoms with E-state index in [0.717, 1.165) is 57.6 Å². The average Bonchev–Trinajstić information content (AvgIpc) is 3.24. The fourth-order valence-corrected chi connectivity index (χ4v) is 5.72. The van der Waals surface area contributed by atoms with Gasteiger partial charge in [-0.15, -0.1) is 0 Å². The van der Waals surface area contributed by atoms with Crippen molar-refractivity contribution in [2.24, 2.45) is 11.8 Å². The van der Waals surface area contributed by atoms with E-state index >= 15 is 0 Å². The first-order valence-electron chi connectivity index (χ1n) is 11.4. The molecule has 2 amide bonds. The van der Waals surface area contributed by atoms with E-state index < -0.39 is 6.09 Å². The van der Waals surface area contributed by atoms with Crippen LogP contribution in [0.4, 0.5) is 4.79 Å². The highest BCUT2D eigenvalue weighted by Gasteiger charge is 2.39. The van der Waals surface area contributed by atoms with Crippen molar-refractivity contribution in [3.8, 4) is 0 Å². The second-order valence-corrected chi connectivity index (χ2v) is 9.94. The summed E-state index contributed by atoms with van der Waals surface area (Å²) in [6.07, 6.45) is 2.86. The number of nitrogens with zero attached hydrogens (tertiary/aromatic N) is 2. The second kappa shape index (κ2) is 10.6. The number of rotatable bonds is 5. The monoisotopic (exact) mass is 483 g/mol. The first-order chi connectivity index (χ1) is 15.4. The molecule has 32 heavy (non-hydrogen) atoms. The van der Waals surface area contributed by atoms with Crippen molar-refractivity contribution in [3.63, 3.8) is 0 Å². The Morgan fingerprint density at radius 3 is 2.44 bits per heavy atom. The molecule has 3 aliphatic heterocycles. The standard InChI is InChI=1S/C23H31Cl2N3O4/c24-20-2-1-16(11-21(20)25)19-14-28(13-17(19)12-26-23(30)31)22(29)15-3-7-27(8-4-15)18-5-9-32-10-6-18/h1-2,11,15,17-19,26H,3-10,12-14H2,(H,30,31)/t17-,19-/m1/s1. The molecule has 0 radical (unpaired) electrons. The van der Waals surface area contributed by atoms with E-state index in [2.05, 4.69) is 10.2 Å². The molecule has 9 heteroatoms. The van der Waals surface area contributed by atoms with Gasteiger partial charge in [0.1, 0.15) is 0 Å². The smallest absolute Gasteiger partial charge is 0.404 e. The molecule has 0 aromatic heterocycles. The van der Waals surface area contributed by atoms with Gasteiger partial charge < -0.3 is 25.0 Å². The van der Waals surface area contributed by atoms with Gasteiger partial charge in [0.25, 0.3) is 0 Å². The van der Waals surface area contributed by atoms with Crippen LogP contribution in [0.1, 0.15) is 37.2 Å². The minimum Gasteiger partial charge on any atom is -0.465 e. The summed E-state index contributed by atoms with van der Waals surface area (Å²) >= 11 is 12.3. The first-order valence-corrected chi connectivity index (χ1v) is 12.2. The van der Waals surface area contributed by atoms with Gasteiger partial charge in [0, 0.05) is 56.6 Å². The number of hydrogen-bond donors (Lipinski definition) is 2. The van der Waals surface area contributed by atoms with Crippen molar-refractivity contribution >= 4 is 35.2 Å². The molecule has 3 heterocycles. The largest absolute Gasteiger partial charge is 0.465 e. The lowest BCUT2D eigenvalue weighted by Crippen LogP contribution is -2.47. The molecule has 3 fully saturated rings. The van der Waals surface area contributed by atoms with Crippen LogP contribution in [0.25, 0.3) is 0 Å². The van der Waals surface area contributed by atoms with Gasteiger partial charge in [0.2, 0.25) is 5.91 Å². The number of nitrogens with one attached hydrogen (secondary N) is 1. The number of hydrogen-bond acceptors (Lipinski definition) is 4. The minimum atomic E-state index is -1.05. The maximum Gasteiger partial charge on any atom is 0.404 e. The van der Waals surface area contributed by atoms with E-state index in [4.69, 9.17) is 33.0 Å². The van der Waals surface area contributed by atoms with Gasteiger partial charge in [-0.25, -0.2) is 4.79 Å². The summed E-state index contributed by atoms with van der Waals surface area (Å²) in [6, 6.07) is 6.10. The molecule has 2 N–H and O–H groups in total. The van der Waals surface area contributed by atoms with Crippen LogP contribution in [0, 0.1) is 11.8 Å². The molecule has 0 aliphatic carbocycles. The van der Waals surface area contributed by atoms with Gasteiger partial charge in [-0.2, -0.15) is 0 Å². The van der Waals surface area contributed by atoms with Crippen molar-refractivity contribution in [1.82, 2.24) is 15.1 Å². The maximum atomic E-state index is 13.4. The van der Waals surface area contributed by atoms with Gasteiger partial charge in [0.05, 0.1) is 10.0 Å². The summed E-state index contributed by atoms with van der Waals surface area (Å²) in [4.78, 5) is 28.9. The molecule has 3 aliphatic rings.